The maximum absolute atomic E-state index is 13.0. The molecule has 0 saturated heterocycles. The van der Waals surface area contributed by atoms with Crippen LogP contribution < -0.4 is 9.75 Å². The summed E-state index contributed by atoms with van der Waals surface area (Å²) in [7, 11) is 1.62. The van der Waals surface area contributed by atoms with E-state index in [1.54, 1.807) is 31.6 Å². The average molecular weight is 344 g/mol. The summed E-state index contributed by atoms with van der Waals surface area (Å²) in [6.45, 7) is 0. The third kappa shape index (κ3) is 2.91. The van der Waals surface area contributed by atoms with Gasteiger partial charge in [-0.1, -0.05) is 18.2 Å². The fourth-order valence-electron chi connectivity index (χ4n) is 2.77. The van der Waals surface area contributed by atoms with Crippen molar-refractivity contribution in [3.05, 3.63) is 89.9 Å². The molecule has 1 aliphatic heterocycles. The van der Waals surface area contributed by atoms with Gasteiger partial charge >= 0.3 is 0 Å². The molecule has 1 aliphatic rings. The lowest BCUT2D eigenvalue weighted by Crippen LogP contribution is -2.21. The molecule has 0 aliphatic carbocycles. The predicted molar refractivity (Wildman–Crippen MR) is 100 cm³/mol. The van der Waals surface area contributed by atoms with Gasteiger partial charge in [-0.3, -0.25) is 4.79 Å². The minimum atomic E-state index is -0.196. The van der Waals surface area contributed by atoms with E-state index in [0.29, 0.717) is 22.7 Å². The van der Waals surface area contributed by atoms with Crippen molar-refractivity contribution in [1.29, 1.82) is 0 Å². The van der Waals surface area contributed by atoms with Gasteiger partial charge in [0.2, 0.25) is 0 Å². The molecule has 1 aromatic heterocycles. The van der Waals surface area contributed by atoms with Crippen LogP contribution in [0.1, 0.15) is 11.3 Å². The van der Waals surface area contributed by atoms with Crippen LogP contribution in [0.15, 0.2) is 88.1 Å². The second kappa shape index (κ2) is 6.72. The van der Waals surface area contributed by atoms with Crippen molar-refractivity contribution >= 4 is 23.4 Å². The van der Waals surface area contributed by atoms with E-state index in [2.05, 4.69) is 5.10 Å². The summed E-state index contributed by atoms with van der Waals surface area (Å²) in [6.07, 6.45) is 3.29. The zero-order chi connectivity index (χ0) is 17.9. The number of benzene rings is 2. The lowest BCUT2D eigenvalue weighted by molar-refractivity contribution is -0.114. The smallest absolute Gasteiger partial charge is 0.281 e. The highest BCUT2D eigenvalue weighted by atomic mass is 16.5. The Morgan fingerprint density at radius 1 is 1.00 bits per heavy atom. The summed E-state index contributed by atoms with van der Waals surface area (Å²) in [5, 5.41) is 5.99. The van der Waals surface area contributed by atoms with E-state index in [1.807, 2.05) is 54.6 Å². The third-order valence-corrected chi connectivity index (χ3v) is 4.07. The van der Waals surface area contributed by atoms with Gasteiger partial charge in [0.15, 0.2) is 0 Å². The van der Waals surface area contributed by atoms with Gasteiger partial charge < -0.3 is 9.15 Å². The monoisotopic (exact) mass is 344 g/mol. The molecule has 0 bridgehead atoms. The molecule has 2 aromatic carbocycles. The van der Waals surface area contributed by atoms with Gasteiger partial charge in [0.25, 0.3) is 5.91 Å². The van der Waals surface area contributed by atoms with Crippen molar-refractivity contribution in [2.45, 2.75) is 0 Å². The Bertz CT molecular complexity index is 972. The maximum atomic E-state index is 13.0. The predicted octanol–water partition coefficient (Wildman–Crippen LogP) is 4.12. The summed E-state index contributed by atoms with van der Waals surface area (Å²) >= 11 is 0. The summed E-state index contributed by atoms with van der Waals surface area (Å²) in [6, 6.07) is 20.4. The largest absolute Gasteiger partial charge is 0.497 e. The zero-order valence-corrected chi connectivity index (χ0v) is 14.1. The van der Waals surface area contributed by atoms with Gasteiger partial charge in [-0.15, -0.1) is 0 Å². The number of carbonyl (C=O) groups excluding carboxylic acids is 1. The molecule has 5 heteroatoms. The van der Waals surface area contributed by atoms with Crippen LogP contribution in [0.4, 0.5) is 5.69 Å². The topological polar surface area (TPSA) is 55.0 Å². The number of rotatable bonds is 4. The first kappa shape index (κ1) is 15.9. The zero-order valence-electron chi connectivity index (χ0n) is 14.1. The van der Waals surface area contributed by atoms with Crippen molar-refractivity contribution < 1.29 is 13.9 Å². The Morgan fingerprint density at radius 2 is 1.77 bits per heavy atom. The van der Waals surface area contributed by atoms with Crippen LogP contribution >= 0.6 is 0 Å². The van der Waals surface area contributed by atoms with E-state index in [1.165, 1.54) is 5.01 Å². The molecule has 0 radical (unpaired) electrons. The van der Waals surface area contributed by atoms with Gasteiger partial charge in [0.1, 0.15) is 17.2 Å². The number of anilines is 1. The number of hydrogen-bond acceptors (Lipinski definition) is 4. The summed E-state index contributed by atoms with van der Waals surface area (Å²) < 4.78 is 10.6. The van der Waals surface area contributed by atoms with E-state index < -0.39 is 0 Å². The maximum Gasteiger partial charge on any atom is 0.281 e. The van der Waals surface area contributed by atoms with Crippen molar-refractivity contribution in [1.82, 2.24) is 0 Å². The molecule has 0 atom stereocenters. The van der Waals surface area contributed by atoms with E-state index in [0.717, 1.165) is 11.3 Å². The normalized spacial score (nSPS) is 15.4. The van der Waals surface area contributed by atoms with Gasteiger partial charge in [-0.25, -0.2) is 0 Å². The standard InChI is InChI=1S/C21H16N2O3/c1-25-17-11-9-15(10-12-17)20-19(14-18-8-5-13-26-18)21(24)23(22-20)16-6-3-2-4-7-16/h2-14H,1H3/b19-14+. The van der Waals surface area contributed by atoms with E-state index >= 15 is 0 Å². The Morgan fingerprint density at radius 3 is 2.42 bits per heavy atom. The lowest BCUT2D eigenvalue weighted by Gasteiger charge is -2.10. The molecule has 1 amide bonds. The van der Waals surface area contributed by atoms with Crippen molar-refractivity contribution in [3.8, 4) is 5.75 Å². The van der Waals surface area contributed by atoms with Gasteiger partial charge in [0.05, 0.1) is 24.6 Å². The van der Waals surface area contributed by atoms with Gasteiger partial charge in [-0.05, 0) is 54.6 Å². The molecule has 0 spiro atoms. The van der Waals surface area contributed by atoms with E-state index in [9.17, 15) is 4.79 Å². The van der Waals surface area contributed by atoms with Crippen molar-refractivity contribution in [2.75, 3.05) is 12.1 Å². The number of para-hydroxylation sites is 1. The minimum Gasteiger partial charge on any atom is -0.497 e. The lowest BCUT2D eigenvalue weighted by atomic mass is 10.0. The SMILES string of the molecule is COc1ccc(C2=NN(c3ccccc3)C(=O)/C2=C/c2ccco2)cc1. The highest BCUT2D eigenvalue weighted by Crippen LogP contribution is 2.28. The summed E-state index contributed by atoms with van der Waals surface area (Å²) in [5.41, 5.74) is 2.62. The first-order chi connectivity index (χ1) is 12.8. The highest BCUT2D eigenvalue weighted by molar-refractivity contribution is 6.37. The number of hydrazone groups is 1. The number of ether oxygens (including phenoxy) is 1. The van der Waals surface area contributed by atoms with Crippen molar-refractivity contribution in [3.63, 3.8) is 0 Å². The Hall–Kier alpha value is -3.60. The van der Waals surface area contributed by atoms with Gasteiger partial charge in [-0.2, -0.15) is 10.1 Å². The van der Waals surface area contributed by atoms with Crippen LogP contribution in [0, 0.1) is 0 Å². The van der Waals surface area contributed by atoms with Crippen molar-refractivity contribution in [2.24, 2.45) is 5.10 Å². The average Bonchev–Trinajstić information content (AvgIpc) is 3.32. The molecule has 0 saturated carbocycles. The second-order valence-electron chi connectivity index (χ2n) is 5.70. The second-order valence-corrected chi connectivity index (χ2v) is 5.70. The number of hydrogen-bond donors (Lipinski definition) is 0. The molecule has 0 N–H and O–H groups in total. The third-order valence-electron chi connectivity index (χ3n) is 4.07. The number of amides is 1. The fourth-order valence-corrected chi connectivity index (χ4v) is 2.77. The number of nitrogens with zero attached hydrogens (tertiary/aromatic N) is 2. The molecular weight excluding hydrogens is 328 g/mol. The molecule has 0 unspecified atom stereocenters. The molecule has 2 heterocycles. The summed E-state index contributed by atoms with van der Waals surface area (Å²) in [5.74, 6) is 1.15. The Balaban J connectivity index is 1.81. The van der Waals surface area contributed by atoms with E-state index in [-0.39, 0.29) is 5.91 Å². The number of methoxy groups -OCH3 is 1. The van der Waals surface area contributed by atoms with Crippen LogP contribution in [0.2, 0.25) is 0 Å². The van der Waals surface area contributed by atoms with Crippen LogP contribution in [-0.2, 0) is 4.79 Å². The van der Waals surface area contributed by atoms with Crippen LogP contribution in [0.5, 0.6) is 5.75 Å². The molecular formula is C21H16N2O3. The molecule has 26 heavy (non-hydrogen) atoms. The number of carbonyl (C=O) groups is 1. The minimum absolute atomic E-state index is 0.196. The summed E-state index contributed by atoms with van der Waals surface area (Å²) in [4.78, 5) is 13.0. The highest BCUT2D eigenvalue weighted by Gasteiger charge is 2.32. The quantitative estimate of drug-likeness (QED) is 0.669. The molecule has 128 valence electrons. The van der Waals surface area contributed by atoms with Crippen LogP contribution in [0.3, 0.4) is 0 Å². The first-order valence-electron chi connectivity index (χ1n) is 8.14. The van der Waals surface area contributed by atoms with Crippen LogP contribution in [0.25, 0.3) is 6.08 Å². The molecule has 3 aromatic rings. The molecule has 4 rings (SSSR count). The van der Waals surface area contributed by atoms with Gasteiger partial charge in [0, 0.05) is 5.56 Å². The fraction of sp³-hybridized carbons (Fsp3) is 0.0476. The van der Waals surface area contributed by atoms with Crippen LogP contribution in [-0.4, -0.2) is 18.7 Å². The number of furan rings is 1. The van der Waals surface area contributed by atoms with E-state index in [4.69, 9.17) is 9.15 Å². The Kier molecular flexibility index (Phi) is 4.11. The molecule has 5 nitrogen and oxygen atoms in total. The first-order valence-corrected chi connectivity index (χ1v) is 8.14. The molecule has 0 fully saturated rings. The Labute approximate surface area is 150 Å².